The van der Waals surface area contributed by atoms with Gasteiger partial charge in [0.05, 0.1) is 23.2 Å². The number of nitrogens with zero attached hydrogens (tertiary/aromatic N) is 1. The Kier molecular flexibility index (Phi) is 4.45. The van der Waals surface area contributed by atoms with E-state index in [1.165, 1.54) is 19.2 Å². The fourth-order valence-electron chi connectivity index (χ4n) is 1.66. The monoisotopic (exact) mass is 347 g/mol. The van der Waals surface area contributed by atoms with E-state index in [0.29, 0.717) is 21.5 Å². The van der Waals surface area contributed by atoms with Crippen LogP contribution in [0.2, 0.25) is 0 Å². The smallest absolute Gasteiger partial charge is 0.339 e. The molecule has 0 aromatic heterocycles. The normalized spacial score (nSPS) is 9.76. The van der Waals surface area contributed by atoms with Crippen LogP contribution in [0.3, 0.4) is 0 Å². The van der Waals surface area contributed by atoms with Crippen molar-refractivity contribution in [3.8, 4) is 23.3 Å². The number of hydrogen-bond acceptors (Lipinski definition) is 4. The predicted octanol–water partition coefficient (Wildman–Crippen LogP) is 3.82. The van der Waals surface area contributed by atoms with Crippen molar-refractivity contribution in [3.05, 3.63) is 52.0 Å². The van der Waals surface area contributed by atoms with Gasteiger partial charge in [0.2, 0.25) is 0 Å². The molecule has 0 fully saturated rings. The molecule has 0 atom stereocenters. The second-order valence-electron chi connectivity index (χ2n) is 4.03. The summed E-state index contributed by atoms with van der Waals surface area (Å²) in [7, 11) is 1.48. The number of aromatic carboxylic acids is 1. The van der Waals surface area contributed by atoms with E-state index in [4.69, 9.17) is 14.7 Å². The zero-order valence-electron chi connectivity index (χ0n) is 11.0. The highest BCUT2D eigenvalue weighted by atomic mass is 79.9. The summed E-state index contributed by atoms with van der Waals surface area (Å²) in [6, 6.07) is 11.2. The third kappa shape index (κ3) is 3.33. The van der Waals surface area contributed by atoms with E-state index in [1.807, 2.05) is 6.07 Å². The maximum absolute atomic E-state index is 11.2. The third-order valence-corrected chi connectivity index (χ3v) is 3.32. The van der Waals surface area contributed by atoms with E-state index in [-0.39, 0.29) is 11.3 Å². The molecule has 0 aliphatic carbocycles. The van der Waals surface area contributed by atoms with Crippen molar-refractivity contribution in [1.29, 1.82) is 5.26 Å². The van der Waals surface area contributed by atoms with Gasteiger partial charge in [-0.3, -0.25) is 0 Å². The minimum Gasteiger partial charge on any atom is -0.497 e. The van der Waals surface area contributed by atoms with Gasteiger partial charge in [0.1, 0.15) is 22.8 Å². The molecule has 0 aliphatic heterocycles. The van der Waals surface area contributed by atoms with Crippen molar-refractivity contribution in [3.63, 3.8) is 0 Å². The molecule has 2 rings (SSSR count). The molecule has 0 aliphatic rings. The fraction of sp³-hybridized carbons (Fsp3) is 0.0667. The van der Waals surface area contributed by atoms with Crippen LogP contribution in [-0.2, 0) is 0 Å². The maximum atomic E-state index is 11.2. The standard InChI is InChI=1S/C15H10BrNO4/c1-20-10-3-4-11(15(18)19)14(7-10)21-13-5-2-9(8-17)6-12(13)16/h2-7H,1H3,(H,18,19). The van der Waals surface area contributed by atoms with E-state index in [0.717, 1.165) is 0 Å². The summed E-state index contributed by atoms with van der Waals surface area (Å²) in [4.78, 5) is 11.2. The molecular formula is C15H10BrNO4. The van der Waals surface area contributed by atoms with Crippen LogP contribution in [0.4, 0.5) is 0 Å². The first-order chi connectivity index (χ1) is 10.0. The highest BCUT2D eigenvalue weighted by Crippen LogP contribution is 2.34. The minimum atomic E-state index is -1.10. The topological polar surface area (TPSA) is 79.6 Å². The molecule has 1 N–H and O–H groups in total. The first-order valence-corrected chi connectivity index (χ1v) is 6.63. The number of methoxy groups -OCH3 is 1. The fourth-order valence-corrected chi connectivity index (χ4v) is 2.12. The summed E-state index contributed by atoms with van der Waals surface area (Å²) < 4.78 is 11.2. The lowest BCUT2D eigenvalue weighted by atomic mass is 10.2. The van der Waals surface area contributed by atoms with Crippen molar-refractivity contribution in [2.75, 3.05) is 7.11 Å². The van der Waals surface area contributed by atoms with Crippen LogP contribution < -0.4 is 9.47 Å². The number of benzene rings is 2. The Morgan fingerprint density at radius 1 is 1.24 bits per heavy atom. The lowest BCUT2D eigenvalue weighted by molar-refractivity contribution is 0.0694. The van der Waals surface area contributed by atoms with Crippen LogP contribution >= 0.6 is 15.9 Å². The Morgan fingerprint density at radius 2 is 2.00 bits per heavy atom. The first-order valence-electron chi connectivity index (χ1n) is 5.84. The third-order valence-electron chi connectivity index (χ3n) is 2.70. The van der Waals surface area contributed by atoms with Crippen LogP contribution in [0.1, 0.15) is 15.9 Å². The number of nitriles is 1. The van der Waals surface area contributed by atoms with Crippen LogP contribution in [0.15, 0.2) is 40.9 Å². The molecular weight excluding hydrogens is 338 g/mol. The predicted molar refractivity (Wildman–Crippen MR) is 78.9 cm³/mol. The second-order valence-corrected chi connectivity index (χ2v) is 4.88. The number of carbonyl (C=O) groups is 1. The number of halogens is 1. The van der Waals surface area contributed by atoms with E-state index < -0.39 is 5.97 Å². The zero-order chi connectivity index (χ0) is 15.4. The SMILES string of the molecule is COc1ccc(C(=O)O)c(Oc2ccc(C#N)cc2Br)c1. The molecule has 0 saturated heterocycles. The molecule has 5 nitrogen and oxygen atoms in total. The van der Waals surface area contributed by atoms with Crippen molar-refractivity contribution in [1.82, 2.24) is 0 Å². The summed E-state index contributed by atoms with van der Waals surface area (Å²) >= 11 is 3.29. The van der Waals surface area contributed by atoms with Gasteiger partial charge in [-0.15, -0.1) is 0 Å². The van der Waals surface area contributed by atoms with Crippen molar-refractivity contribution < 1.29 is 19.4 Å². The number of carboxylic acid groups (broad SMARTS) is 1. The van der Waals surface area contributed by atoms with Crippen molar-refractivity contribution in [2.24, 2.45) is 0 Å². The lowest BCUT2D eigenvalue weighted by Crippen LogP contribution is -2.00. The highest BCUT2D eigenvalue weighted by molar-refractivity contribution is 9.10. The van der Waals surface area contributed by atoms with Crippen molar-refractivity contribution >= 4 is 21.9 Å². The van der Waals surface area contributed by atoms with Gasteiger partial charge in [0.25, 0.3) is 0 Å². The largest absolute Gasteiger partial charge is 0.497 e. The zero-order valence-corrected chi connectivity index (χ0v) is 12.5. The Bertz CT molecular complexity index is 737. The van der Waals surface area contributed by atoms with Crippen LogP contribution in [-0.4, -0.2) is 18.2 Å². The molecule has 0 amide bonds. The van der Waals surface area contributed by atoms with Crippen LogP contribution in [0.25, 0.3) is 0 Å². The van der Waals surface area contributed by atoms with Crippen molar-refractivity contribution in [2.45, 2.75) is 0 Å². The van der Waals surface area contributed by atoms with E-state index in [9.17, 15) is 9.90 Å². The molecule has 106 valence electrons. The summed E-state index contributed by atoms with van der Waals surface area (Å²) in [5.41, 5.74) is 0.491. The Labute approximate surface area is 129 Å². The van der Waals surface area contributed by atoms with Gasteiger partial charge in [-0.05, 0) is 46.3 Å². The average Bonchev–Trinajstić information content (AvgIpc) is 2.48. The number of carboxylic acids is 1. The number of ether oxygens (including phenoxy) is 2. The quantitative estimate of drug-likeness (QED) is 0.909. The summed E-state index contributed by atoms with van der Waals surface area (Å²) in [5, 5.41) is 18.0. The second kappa shape index (κ2) is 6.29. The summed E-state index contributed by atoms with van der Waals surface area (Å²) in [6.07, 6.45) is 0. The van der Waals surface area contributed by atoms with Gasteiger partial charge in [0.15, 0.2) is 0 Å². The molecule has 0 radical (unpaired) electrons. The molecule has 0 heterocycles. The first kappa shape index (κ1) is 14.9. The Morgan fingerprint density at radius 3 is 2.57 bits per heavy atom. The van der Waals surface area contributed by atoms with Gasteiger partial charge in [0, 0.05) is 6.07 Å². The molecule has 0 saturated carbocycles. The van der Waals surface area contributed by atoms with Gasteiger partial charge < -0.3 is 14.6 Å². The van der Waals surface area contributed by atoms with Crippen LogP contribution in [0.5, 0.6) is 17.2 Å². The minimum absolute atomic E-state index is 0.0204. The van der Waals surface area contributed by atoms with Gasteiger partial charge in [-0.1, -0.05) is 0 Å². The number of rotatable bonds is 4. The van der Waals surface area contributed by atoms with Gasteiger partial charge in [-0.25, -0.2) is 4.79 Å². The van der Waals surface area contributed by atoms with E-state index in [2.05, 4.69) is 15.9 Å². The molecule has 0 bridgehead atoms. The maximum Gasteiger partial charge on any atom is 0.339 e. The van der Waals surface area contributed by atoms with E-state index >= 15 is 0 Å². The van der Waals surface area contributed by atoms with Crippen LogP contribution in [0, 0.1) is 11.3 Å². The molecule has 2 aromatic rings. The van der Waals surface area contributed by atoms with Gasteiger partial charge in [-0.2, -0.15) is 5.26 Å². The summed E-state index contributed by atoms with van der Waals surface area (Å²) in [5.74, 6) is -0.0470. The van der Waals surface area contributed by atoms with E-state index in [1.54, 1.807) is 24.3 Å². The molecule has 2 aromatic carbocycles. The summed E-state index contributed by atoms with van der Waals surface area (Å²) in [6.45, 7) is 0. The molecule has 21 heavy (non-hydrogen) atoms. The Balaban J connectivity index is 2.43. The lowest BCUT2D eigenvalue weighted by Gasteiger charge is -2.11. The molecule has 0 unspecified atom stereocenters. The molecule has 6 heteroatoms. The van der Waals surface area contributed by atoms with Gasteiger partial charge >= 0.3 is 5.97 Å². The Hall–Kier alpha value is -2.52. The average molecular weight is 348 g/mol. The number of hydrogen-bond donors (Lipinski definition) is 1. The molecule has 0 spiro atoms. The highest BCUT2D eigenvalue weighted by Gasteiger charge is 2.14.